The lowest BCUT2D eigenvalue weighted by Gasteiger charge is -2.44. The Morgan fingerprint density at radius 3 is 2.65 bits per heavy atom. The molecule has 5 nitrogen and oxygen atoms in total. The van der Waals surface area contributed by atoms with Crippen molar-refractivity contribution in [3.8, 4) is 6.07 Å². The van der Waals surface area contributed by atoms with Crippen LogP contribution in [0.3, 0.4) is 0 Å². The lowest BCUT2D eigenvalue weighted by molar-refractivity contribution is 0.184. The van der Waals surface area contributed by atoms with Crippen LogP contribution in [0.15, 0.2) is 18.2 Å². The quantitative estimate of drug-likeness (QED) is 0.849. The van der Waals surface area contributed by atoms with Gasteiger partial charge >= 0.3 is 0 Å². The molecule has 1 atom stereocenters. The van der Waals surface area contributed by atoms with E-state index >= 15 is 0 Å². The van der Waals surface area contributed by atoms with Gasteiger partial charge in [0.15, 0.2) is 0 Å². The Morgan fingerprint density at radius 2 is 2.04 bits per heavy atom. The smallest absolute Gasteiger partial charge is 0.198 e. The van der Waals surface area contributed by atoms with Gasteiger partial charge in [-0.1, -0.05) is 23.8 Å². The van der Waals surface area contributed by atoms with Gasteiger partial charge < -0.3 is 0 Å². The van der Waals surface area contributed by atoms with Crippen LogP contribution in [-0.2, 0) is 23.2 Å². The maximum atomic E-state index is 13.1. The minimum Gasteiger partial charge on any atom is -0.198 e. The summed E-state index contributed by atoms with van der Waals surface area (Å²) in [5, 5.41) is 8.84. The number of fused-ring (bicyclic) bond motifs is 1. The van der Waals surface area contributed by atoms with Gasteiger partial charge in [0, 0.05) is 25.2 Å². The van der Waals surface area contributed by atoms with Crippen LogP contribution >= 0.6 is 0 Å². The zero-order valence-corrected chi connectivity index (χ0v) is 15.3. The van der Waals surface area contributed by atoms with E-state index in [2.05, 4.69) is 18.2 Å². The van der Waals surface area contributed by atoms with Crippen molar-refractivity contribution in [3.05, 3.63) is 34.9 Å². The molecule has 0 radical (unpaired) electrons. The molecule has 1 heterocycles. The van der Waals surface area contributed by atoms with Crippen molar-refractivity contribution in [1.82, 2.24) is 8.61 Å². The number of rotatable bonds is 4. The standard InChI is InChI=1S/C17H25N3O2S/c1-13-6-7-15-11-17(3,4)20(12-16(15)10-13)23(21,22)19(5)14(2)8-9-18/h6-7,10,14H,8,11-12H2,1-5H3. The summed E-state index contributed by atoms with van der Waals surface area (Å²) in [7, 11) is -2.08. The molecular weight excluding hydrogens is 310 g/mol. The maximum Gasteiger partial charge on any atom is 0.282 e. The molecule has 0 aromatic heterocycles. The lowest BCUT2D eigenvalue weighted by atomic mass is 9.87. The molecule has 1 aliphatic heterocycles. The van der Waals surface area contributed by atoms with Crippen LogP contribution in [0.25, 0.3) is 0 Å². The Morgan fingerprint density at radius 1 is 1.39 bits per heavy atom. The fourth-order valence-corrected chi connectivity index (χ4v) is 4.87. The number of hydrogen-bond acceptors (Lipinski definition) is 3. The van der Waals surface area contributed by atoms with Gasteiger partial charge in [0.25, 0.3) is 10.2 Å². The van der Waals surface area contributed by atoms with Gasteiger partial charge in [-0.25, -0.2) is 0 Å². The van der Waals surface area contributed by atoms with Crippen molar-refractivity contribution >= 4 is 10.2 Å². The van der Waals surface area contributed by atoms with Crippen molar-refractivity contribution in [1.29, 1.82) is 5.26 Å². The third-order valence-corrected chi connectivity index (χ3v) is 6.89. The van der Waals surface area contributed by atoms with Crippen molar-refractivity contribution in [2.75, 3.05) is 7.05 Å². The molecule has 2 rings (SSSR count). The second-order valence-electron chi connectivity index (χ2n) is 7.00. The zero-order chi connectivity index (χ0) is 17.4. The second kappa shape index (κ2) is 6.23. The average molecular weight is 335 g/mol. The van der Waals surface area contributed by atoms with E-state index in [-0.39, 0.29) is 12.5 Å². The van der Waals surface area contributed by atoms with Gasteiger partial charge in [-0.2, -0.15) is 22.3 Å². The predicted octanol–water partition coefficient (Wildman–Crippen LogP) is 2.61. The molecule has 0 bridgehead atoms. The Labute approximate surface area is 139 Å². The number of hydrogen-bond donors (Lipinski definition) is 0. The summed E-state index contributed by atoms with van der Waals surface area (Å²) in [5.41, 5.74) is 2.91. The molecule has 0 aliphatic carbocycles. The van der Waals surface area contributed by atoms with Crippen LogP contribution < -0.4 is 0 Å². The monoisotopic (exact) mass is 335 g/mol. The summed E-state index contributed by atoms with van der Waals surface area (Å²) in [6.45, 7) is 8.05. The first-order valence-electron chi connectivity index (χ1n) is 7.81. The van der Waals surface area contributed by atoms with Gasteiger partial charge in [0.1, 0.15) is 0 Å². The van der Waals surface area contributed by atoms with Gasteiger partial charge in [-0.15, -0.1) is 0 Å². The average Bonchev–Trinajstić information content (AvgIpc) is 2.45. The van der Waals surface area contributed by atoms with Crippen LogP contribution in [0, 0.1) is 18.3 Å². The van der Waals surface area contributed by atoms with E-state index in [4.69, 9.17) is 5.26 Å². The summed E-state index contributed by atoms with van der Waals surface area (Å²) in [6.07, 6.45) is 0.863. The molecule has 0 spiro atoms. The third kappa shape index (κ3) is 3.42. The van der Waals surface area contributed by atoms with Crippen LogP contribution in [0.2, 0.25) is 0 Å². The third-order valence-electron chi connectivity index (χ3n) is 4.62. The zero-order valence-electron chi connectivity index (χ0n) is 14.5. The first-order valence-corrected chi connectivity index (χ1v) is 9.20. The summed E-state index contributed by atoms with van der Waals surface area (Å²) >= 11 is 0. The first-order chi connectivity index (χ1) is 10.6. The Balaban J connectivity index is 2.40. The van der Waals surface area contributed by atoms with E-state index in [1.807, 2.05) is 26.8 Å². The van der Waals surface area contributed by atoms with Gasteiger partial charge in [0.05, 0.1) is 12.5 Å². The van der Waals surface area contributed by atoms with Gasteiger partial charge in [-0.05, 0) is 45.2 Å². The van der Waals surface area contributed by atoms with Crippen molar-refractivity contribution in [2.24, 2.45) is 0 Å². The van der Waals surface area contributed by atoms with Crippen LogP contribution in [0.1, 0.15) is 43.9 Å². The fraction of sp³-hybridized carbons (Fsp3) is 0.588. The Hall–Kier alpha value is -1.42. The van der Waals surface area contributed by atoms with E-state index in [0.717, 1.165) is 11.1 Å². The molecule has 0 fully saturated rings. The van der Waals surface area contributed by atoms with E-state index in [9.17, 15) is 8.42 Å². The summed E-state index contributed by atoms with van der Waals surface area (Å²) < 4.78 is 29.0. The van der Waals surface area contributed by atoms with Gasteiger partial charge in [0.2, 0.25) is 0 Å². The number of aryl methyl sites for hydroxylation is 1. The maximum absolute atomic E-state index is 13.1. The predicted molar refractivity (Wildman–Crippen MR) is 90.9 cm³/mol. The normalized spacial score (nSPS) is 19.2. The molecule has 1 unspecified atom stereocenters. The van der Waals surface area contributed by atoms with Crippen LogP contribution in [0.5, 0.6) is 0 Å². The van der Waals surface area contributed by atoms with Crippen LogP contribution in [-0.4, -0.2) is 35.7 Å². The Kier molecular flexibility index (Phi) is 4.86. The van der Waals surface area contributed by atoms with E-state index < -0.39 is 15.7 Å². The fourth-order valence-electron chi connectivity index (χ4n) is 3.03. The van der Waals surface area contributed by atoms with E-state index in [0.29, 0.717) is 13.0 Å². The minimum atomic E-state index is -3.63. The SMILES string of the molecule is Cc1ccc2c(c1)CN(S(=O)(=O)N(C)C(C)CC#N)C(C)(C)C2. The summed E-state index contributed by atoms with van der Waals surface area (Å²) in [6, 6.07) is 7.92. The van der Waals surface area contributed by atoms with Crippen molar-refractivity contribution in [3.63, 3.8) is 0 Å². The first kappa shape index (κ1) is 17.9. The molecule has 0 amide bonds. The molecule has 0 N–H and O–H groups in total. The highest BCUT2D eigenvalue weighted by Crippen LogP contribution is 2.34. The summed E-state index contributed by atoms with van der Waals surface area (Å²) in [4.78, 5) is 0. The molecular formula is C17H25N3O2S. The summed E-state index contributed by atoms with van der Waals surface area (Å²) in [5.74, 6) is 0. The number of benzene rings is 1. The molecule has 23 heavy (non-hydrogen) atoms. The molecule has 1 aromatic carbocycles. The molecule has 1 aromatic rings. The molecule has 1 aliphatic rings. The highest BCUT2D eigenvalue weighted by molar-refractivity contribution is 7.86. The van der Waals surface area contributed by atoms with E-state index in [1.165, 1.54) is 9.87 Å². The molecule has 0 saturated carbocycles. The van der Waals surface area contributed by atoms with Crippen molar-refractivity contribution in [2.45, 2.75) is 58.7 Å². The Bertz CT molecular complexity index is 735. The number of nitrogens with zero attached hydrogens (tertiary/aromatic N) is 3. The lowest BCUT2D eigenvalue weighted by Crippen LogP contribution is -2.56. The molecule has 126 valence electrons. The van der Waals surface area contributed by atoms with Crippen LogP contribution in [0.4, 0.5) is 0 Å². The molecule has 6 heteroatoms. The minimum absolute atomic E-state index is 0.180. The largest absolute Gasteiger partial charge is 0.282 e. The van der Waals surface area contributed by atoms with Gasteiger partial charge in [-0.3, -0.25) is 0 Å². The highest BCUT2D eigenvalue weighted by atomic mass is 32.2. The topological polar surface area (TPSA) is 64.4 Å². The number of nitriles is 1. The highest BCUT2D eigenvalue weighted by Gasteiger charge is 2.43. The molecule has 0 saturated heterocycles. The second-order valence-corrected chi connectivity index (χ2v) is 8.92. The van der Waals surface area contributed by atoms with Crippen molar-refractivity contribution < 1.29 is 8.42 Å². The van der Waals surface area contributed by atoms with E-state index in [1.54, 1.807) is 18.3 Å².